The van der Waals surface area contributed by atoms with Crippen molar-refractivity contribution in [2.24, 2.45) is 0 Å². The minimum absolute atomic E-state index is 0.664. The van der Waals surface area contributed by atoms with Crippen LogP contribution in [0.3, 0.4) is 0 Å². The van der Waals surface area contributed by atoms with Gasteiger partial charge in [0.2, 0.25) is 0 Å². The van der Waals surface area contributed by atoms with Crippen LogP contribution in [0.2, 0.25) is 0 Å². The molecule has 0 aromatic heterocycles. The summed E-state index contributed by atoms with van der Waals surface area (Å²) in [5.74, 6) is 1.71. The average Bonchev–Trinajstić information content (AvgIpc) is 2.31. The van der Waals surface area contributed by atoms with Gasteiger partial charge in [-0.2, -0.15) is 0 Å². The highest BCUT2D eigenvalue weighted by atomic mass is 16.6. The zero-order valence-corrected chi connectivity index (χ0v) is 8.98. The average molecular weight is 204 g/mol. The van der Waals surface area contributed by atoms with Crippen LogP contribution < -0.4 is 9.47 Å². The third-order valence-electron chi connectivity index (χ3n) is 1.78. The molecule has 0 radical (unpaired) electrons. The van der Waals surface area contributed by atoms with Gasteiger partial charge in [0, 0.05) is 0 Å². The van der Waals surface area contributed by atoms with Crippen LogP contribution in [0.15, 0.2) is 49.1 Å². The largest absolute Gasteiger partial charge is 0.486 e. The Labute approximate surface area is 90.8 Å². The number of rotatable bonds is 1. The highest BCUT2D eigenvalue weighted by Crippen LogP contribution is 2.28. The summed E-state index contributed by atoms with van der Waals surface area (Å²) in [7, 11) is 0. The van der Waals surface area contributed by atoms with Crippen LogP contribution in [-0.4, -0.2) is 13.2 Å². The zero-order chi connectivity index (χ0) is 10.9. The molecular weight excluding hydrogens is 188 g/mol. The van der Waals surface area contributed by atoms with Gasteiger partial charge in [0.25, 0.3) is 0 Å². The lowest BCUT2D eigenvalue weighted by molar-refractivity contribution is 0.171. The Morgan fingerprint density at radius 1 is 1.13 bits per heavy atom. The van der Waals surface area contributed by atoms with E-state index < -0.39 is 0 Å². The van der Waals surface area contributed by atoms with Gasteiger partial charge in [-0.1, -0.05) is 36.9 Å². The lowest BCUT2D eigenvalue weighted by atomic mass is 10.3. The molecule has 0 fully saturated rings. The van der Waals surface area contributed by atoms with Crippen LogP contribution >= 0.6 is 0 Å². The molecule has 1 aliphatic heterocycles. The highest BCUT2D eigenvalue weighted by molar-refractivity contribution is 5.40. The van der Waals surface area contributed by atoms with E-state index in [9.17, 15) is 0 Å². The van der Waals surface area contributed by atoms with Crippen molar-refractivity contribution in [3.63, 3.8) is 0 Å². The molecule has 15 heavy (non-hydrogen) atoms. The van der Waals surface area contributed by atoms with E-state index in [-0.39, 0.29) is 0 Å². The predicted molar refractivity (Wildman–Crippen MR) is 62.4 cm³/mol. The summed E-state index contributed by atoms with van der Waals surface area (Å²) in [6, 6.07) is 7.70. The SMILES string of the molecule is C=CC=CC.c1ccc2c(c1)OCCO2. The first-order chi connectivity index (χ1) is 7.38. The molecule has 1 aromatic carbocycles. The van der Waals surface area contributed by atoms with Gasteiger partial charge in [-0.25, -0.2) is 0 Å². The minimum Gasteiger partial charge on any atom is -0.486 e. The van der Waals surface area contributed by atoms with Crippen molar-refractivity contribution in [1.82, 2.24) is 0 Å². The van der Waals surface area contributed by atoms with E-state index in [4.69, 9.17) is 9.47 Å². The van der Waals surface area contributed by atoms with Gasteiger partial charge in [-0.05, 0) is 19.1 Å². The lowest BCUT2D eigenvalue weighted by Gasteiger charge is -2.17. The molecule has 0 saturated heterocycles. The highest BCUT2D eigenvalue weighted by Gasteiger charge is 2.07. The van der Waals surface area contributed by atoms with E-state index in [1.165, 1.54) is 0 Å². The van der Waals surface area contributed by atoms with Crippen LogP contribution in [0.5, 0.6) is 11.5 Å². The molecule has 0 atom stereocenters. The van der Waals surface area contributed by atoms with Crippen molar-refractivity contribution >= 4 is 0 Å². The number of fused-ring (bicyclic) bond motifs is 1. The summed E-state index contributed by atoms with van der Waals surface area (Å²) in [5.41, 5.74) is 0. The van der Waals surface area contributed by atoms with Gasteiger partial charge in [-0.15, -0.1) is 0 Å². The number of ether oxygens (including phenoxy) is 2. The molecule has 0 spiro atoms. The lowest BCUT2D eigenvalue weighted by Crippen LogP contribution is -2.14. The quantitative estimate of drug-likeness (QED) is 0.654. The first-order valence-corrected chi connectivity index (χ1v) is 4.97. The van der Waals surface area contributed by atoms with Crippen LogP contribution in [0, 0.1) is 0 Å². The molecule has 2 rings (SSSR count). The normalized spacial score (nSPS) is 12.9. The van der Waals surface area contributed by atoms with Crippen molar-refractivity contribution in [1.29, 1.82) is 0 Å². The second-order valence-electron chi connectivity index (χ2n) is 2.91. The summed E-state index contributed by atoms with van der Waals surface area (Å²) in [4.78, 5) is 0. The standard InChI is InChI=1S/C8H8O2.C5H8/c1-2-4-8-7(3-1)9-5-6-10-8;1-3-5-4-2/h1-4H,5-6H2;3-5H,1H2,2H3. The summed E-state index contributed by atoms with van der Waals surface area (Å²) in [6.07, 6.45) is 5.58. The summed E-state index contributed by atoms with van der Waals surface area (Å²) in [5, 5.41) is 0. The van der Waals surface area contributed by atoms with Crippen molar-refractivity contribution < 1.29 is 9.47 Å². The zero-order valence-electron chi connectivity index (χ0n) is 8.98. The predicted octanol–water partition coefficient (Wildman–Crippen LogP) is 3.21. The smallest absolute Gasteiger partial charge is 0.161 e. The molecule has 0 N–H and O–H groups in total. The molecule has 1 aliphatic rings. The molecule has 1 heterocycles. The van der Waals surface area contributed by atoms with E-state index in [1.54, 1.807) is 6.08 Å². The number of para-hydroxylation sites is 2. The fourth-order valence-electron chi connectivity index (χ4n) is 1.13. The molecule has 0 amide bonds. The Kier molecular flexibility index (Phi) is 5.09. The van der Waals surface area contributed by atoms with E-state index >= 15 is 0 Å². The van der Waals surface area contributed by atoms with E-state index in [2.05, 4.69) is 6.58 Å². The van der Waals surface area contributed by atoms with Crippen molar-refractivity contribution in [2.45, 2.75) is 6.92 Å². The number of hydrogen-bond acceptors (Lipinski definition) is 2. The van der Waals surface area contributed by atoms with Crippen LogP contribution in [0.25, 0.3) is 0 Å². The van der Waals surface area contributed by atoms with Gasteiger partial charge in [-0.3, -0.25) is 0 Å². The topological polar surface area (TPSA) is 18.5 Å². The minimum atomic E-state index is 0.664. The van der Waals surface area contributed by atoms with E-state index in [1.807, 2.05) is 43.3 Å². The Balaban J connectivity index is 0.000000195. The number of allylic oxidation sites excluding steroid dienone is 3. The van der Waals surface area contributed by atoms with Crippen molar-refractivity contribution in [3.8, 4) is 11.5 Å². The van der Waals surface area contributed by atoms with Gasteiger partial charge < -0.3 is 9.47 Å². The second kappa shape index (κ2) is 6.71. The molecule has 80 valence electrons. The number of benzene rings is 1. The van der Waals surface area contributed by atoms with E-state index in [0.717, 1.165) is 11.5 Å². The second-order valence-corrected chi connectivity index (χ2v) is 2.91. The molecule has 0 saturated carbocycles. The molecule has 2 nitrogen and oxygen atoms in total. The molecule has 0 aliphatic carbocycles. The third kappa shape index (κ3) is 3.90. The van der Waals surface area contributed by atoms with Gasteiger partial charge in [0.1, 0.15) is 13.2 Å². The van der Waals surface area contributed by atoms with Crippen molar-refractivity contribution in [3.05, 3.63) is 49.1 Å². The third-order valence-corrected chi connectivity index (χ3v) is 1.78. The Bertz CT molecular complexity index is 304. The Hall–Kier alpha value is -1.70. The Morgan fingerprint density at radius 3 is 2.00 bits per heavy atom. The maximum absolute atomic E-state index is 5.30. The fourth-order valence-corrected chi connectivity index (χ4v) is 1.13. The summed E-state index contributed by atoms with van der Waals surface area (Å²) < 4.78 is 10.6. The molecule has 2 heteroatoms. The first-order valence-electron chi connectivity index (χ1n) is 4.97. The molecular formula is C13H16O2. The Morgan fingerprint density at radius 2 is 1.67 bits per heavy atom. The maximum Gasteiger partial charge on any atom is 0.161 e. The first kappa shape index (κ1) is 11.4. The monoisotopic (exact) mass is 204 g/mol. The number of hydrogen-bond donors (Lipinski definition) is 0. The fraction of sp³-hybridized carbons (Fsp3) is 0.231. The van der Waals surface area contributed by atoms with Gasteiger partial charge in [0.05, 0.1) is 0 Å². The van der Waals surface area contributed by atoms with Gasteiger partial charge in [0.15, 0.2) is 11.5 Å². The van der Waals surface area contributed by atoms with Crippen LogP contribution in [0.1, 0.15) is 6.92 Å². The van der Waals surface area contributed by atoms with E-state index in [0.29, 0.717) is 13.2 Å². The van der Waals surface area contributed by atoms with Crippen LogP contribution in [0.4, 0.5) is 0 Å². The summed E-state index contributed by atoms with van der Waals surface area (Å²) >= 11 is 0. The molecule has 0 bridgehead atoms. The summed E-state index contributed by atoms with van der Waals surface area (Å²) in [6.45, 7) is 6.75. The maximum atomic E-state index is 5.30. The molecule has 1 aromatic rings. The molecule has 0 unspecified atom stereocenters. The van der Waals surface area contributed by atoms with Crippen molar-refractivity contribution in [2.75, 3.05) is 13.2 Å². The van der Waals surface area contributed by atoms with Crippen LogP contribution in [-0.2, 0) is 0 Å². The van der Waals surface area contributed by atoms with Gasteiger partial charge >= 0.3 is 0 Å².